The maximum Gasteiger partial charge on any atom is 1.00 e. The first-order valence-electron chi connectivity index (χ1n) is 1.61. The molecule has 0 rings (SSSR count). The normalized spacial score (nSPS) is 10.0. The average Bonchev–Trinajstić information content (AvgIpc) is 1.59. The van der Waals surface area contributed by atoms with Crippen LogP contribution in [0.3, 0.4) is 0 Å². The van der Waals surface area contributed by atoms with E-state index in [9.17, 15) is 12.9 Å². The Balaban J connectivity index is -0.0000000546. The second-order valence-corrected chi connectivity index (χ2v) is 2.85. The Morgan fingerprint density at radius 1 is 1.15 bits per heavy atom. The van der Waals surface area contributed by atoms with Crippen LogP contribution in [-0.4, -0.2) is 4.89 Å². The van der Waals surface area contributed by atoms with Gasteiger partial charge in [0.25, 0.3) is 0 Å². The summed E-state index contributed by atoms with van der Waals surface area (Å²) in [6.45, 7) is 0. The van der Waals surface area contributed by atoms with Crippen molar-refractivity contribution in [3.05, 3.63) is 0 Å². The summed E-state index contributed by atoms with van der Waals surface area (Å²) in [5.41, 5.74) is 0. The van der Waals surface area contributed by atoms with Crippen molar-refractivity contribution in [1.29, 1.82) is 0 Å². The van der Waals surface area contributed by atoms with E-state index in [4.69, 9.17) is 23.8 Å². The van der Waals surface area contributed by atoms with Crippen LogP contribution in [0.25, 0.3) is 0 Å². The van der Waals surface area contributed by atoms with Crippen LogP contribution in [0, 0.1) is 0 Å². The summed E-state index contributed by atoms with van der Waals surface area (Å²) < 4.78 is 49.6. The van der Waals surface area contributed by atoms with E-state index < -0.39 is 15.8 Å². The first-order valence-corrected chi connectivity index (χ1v) is 4.51. The molecule has 70 valence electrons. The molecule has 0 unspecified atom stereocenters. The number of halogens is 3. The van der Waals surface area contributed by atoms with Gasteiger partial charge in [-0.25, -0.2) is 4.57 Å². The smallest absolute Gasteiger partial charge is 0.787 e. The summed E-state index contributed by atoms with van der Waals surface area (Å²) in [6.07, 6.45) is 0. The Hall–Kier alpha value is 3.36. The molecule has 0 saturated heterocycles. The van der Waals surface area contributed by atoms with Crippen LogP contribution in [0.1, 0.15) is 0 Å². The predicted molar refractivity (Wildman–Crippen MR) is 21.8 cm³/mol. The van der Waals surface area contributed by atoms with Gasteiger partial charge in [-0.15, -0.1) is 8.39 Å². The van der Waals surface area contributed by atoms with Crippen molar-refractivity contribution >= 4 is 15.8 Å². The summed E-state index contributed by atoms with van der Waals surface area (Å²) in [5.74, 6) is 0. The molecule has 0 fully saturated rings. The standard InChI is InChI=1S/F2HO2P.FH2O4P.2K/c1-5(2,3)4;1-5-6(2,3)4;;/h(H,3,4);(H2,2,3,4);;/q;;2*+1/p-2. The molecule has 0 spiro atoms. The van der Waals surface area contributed by atoms with Gasteiger partial charge in [-0.2, -0.15) is 4.73 Å². The van der Waals surface area contributed by atoms with Gasteiger partial charge in [-0.3, -0.25) is 4.89 Å². The van der Waals surface area contributed by atoms with Gasteiger partial charge in [0.1, 0.15) is 7.82 Å². The second kappa shape index (κ2) is 11.8. The largest absolute Gasteiger partial charge is 1.00 e. The van der Waals surface area contributed by atoms with Gasteiger partial charge >= 0.3 is 111 Å². The van der Waals surface area contributed by atoms with E-state index in [1.165, 1.54) is 0 Å². The van der Waals surface area contributed by atoms with Gasteiger partial charge in [0.2, 0.25) is 0 Å². The van der Waals surface area contributed by atoms with Crippen molar-refractivity contribution in [1.82, 2.24) is 0 Å². The third-order valence-corrected chi connectivity index (χ3v) is 0.254. The second-order valence-electron chi connectivity index (χ2n) is 0.951. The topological polar surface area (TPSA) is 110 Å². The van der Waals surface area contributed by atoms with Crippen LogP contribution < -0.4 is 113 Å². The van der Waals surface area contributed by atoms with Gasteiger partial charge in [0, 0.05) is 0 Å². The van der Waals surface area contributed by atoms with E-state index in [-0.39, 0.29) is 103 Å². The van der Waals surface area contributed by atoms with Gasteiger partial charge in [-0.1, -0.05) is 0 Å². The molecule has 0 radical (unpaired) electrons. The molecule has 0 bridgehead atoms. The van der Waals surface area contributed by atoms with E-state index in [1.54, 1.807) is 0 Å². The number of phosphoric acid groups is 1. The third kappa shape index (κ3) is 67.8. The fourth-order valence-electron chi connectivity index (χ4n) is 0. The summed E-state index contributed by atoms with van der Waals surface area (Å²) in [6, 6.07) is 0. The Morgan fingerprint density at radius 2 is 1.23 bits per heavy atom. The summed E-state index contributed by atoms with van der Waals surface area (Å²) >= 11 is 0. The van der Waals surface area contributed by atoms with Crippen molar-refractivity contribution in [3.63, 3.8) is 0 Å². The zero-order valence-corrected chi connectivity index (χ0v) is 14.6. The first-order chi connectivity index (χ1) is 4.56. The Labute approximate surface area is 156 Å². The van der Waals surface area contributed by atoms with Crippen molar-refractivity contribution in [2.75, 3.05) is 0 Å². The molecular formula is HF3K2O6P2. The van der Waals surface area contributed by atoms with E-state index in [2.05, 4.69) is 0 Å². The number of rotatable bonds is 1. The number of hydrogen-bond acceptors (Lipinski definition) is 5. The molecule has 0 atom stereocenters. The van der Waals surface area contributed by atoms with Gasteiger partial charge < -0.3 is 14.4 Å². The molecule has 0 aliphatic heterocycles. The van der Waals surface area contributed by atoms with E-state index in [0.29, 0.717) is 0 Å². The van der Waals surface area contributed by atoms with Crippen LogP contribution in [0.15, 0.2) is 0 Å². The van der Waals surface area contributed by atoms with E-state index in [1.807, 2.05) is 4.73 Å². The summed E-state index contributed by atoms with van der Waals surface area (Å²) in [4.78, 5) is 24.5. The molecule has 13 heteroatoms. The van der Waals surface area contributed by atoms with Crippen LogP contribution in [-0.2, 0) is 13.9 Å². The molecule has 0 amide bonds. The zero-order valence-electron chi connectivity index (χ0n) is 6.52. The minimum absolute atomic E-state index is 0. The first kappa shape index (κ1) is 25.3. The molecular weight excluding hydrogens is 293 g/mol. The summed E-state index contributed by atoms with van der Waals surface area (Å²) in [5, 5.41) is 0. The van der Waals surface area contributed by atoms with Crippen LogP contribution >= 0.6 is 15.8 Å². The summed E-state index contributed by atoms with van der Waals surface area (Å²) in [7, 11) is -11.0. The van der Waals surface area contributed by atoms with Gasteiger partial charge in [-0.05, 0) is 4.53 Å². The van der Waals surface area contributed by atoms with Crippen LogP contribution in [0.2, 0.25) is 0 Å². The molecule has 13 heavy (non-hydrogen) atoms. The van der Waals surface area contributed by atoms with E-state index in [0.717, 1.165) is 0 Å². The quantitative estimate of drug-likeness (QED) is 0.380. The fourth-order valence-corrected chi connectivity index (χ4v) is 0. The maximum atomic E-state index is 10.1. The van der Waals surface area contributed by atoms with Crippen LogP contribution in [0.4, 0.5) is 12.9 Å². The molecule has 0 aromatic rings. The predicted octanol–water partition coefficient (Wildman–Crippen LogP) is -6.25. The molecule has 0 aromatic heterocycles. The fraction of sp³-hybridized carbons (Fsp3) is 0. The Kier molecular flexibility index (Phi) is 23.0. The molecule has 0 heterocycles. The Morgan fingerprint density at radius 3 is 1.23 bits per heavy atom. The SMILES string of the molecule is O=P(O)(F)F.O=P([O-])([O-])OF.[K+].[K+]. The maximum absolute atomic E-state index is 10.1. The molecule has 0 saturated carbocycles. The minimum Gasteiger partial charge on any atom is -0.787 e. The Bertz CT molecular complexity index is 176. The van der Waals surface area contributed by atoms with Crippen LogP contribution in [0.5, 0.6) is 0 Å². The van der Waals surface area contributed by atoms with Crippen molar-refractivity contribution < 1.29 is 144 Å². The molecule has 6 nitrogen and oxygen atoms in total. The molecule has 0 aliphatic carbocycles. The van der Waals surface area contributed by atoms with Crippen molar-refractivity contribution in [3.8, 4) is 0 Å². The van der Waals surface area contributed by atoms with Gasteiger partial charge in [0.15, 0.2) is 0 Å². The van der Waals surface area contributed by atoms with E-state index >= 15 is 0 Å². The molecule has 1 N–H and O–H groups in total. The number of hydrogen-bond donors (Lipinski definition) is 1. The molecule has 0 aromatic carbocycles. The zero-order chi connectivity index (χ0) is 9.71. The monoisotopic (exact) mass is 294 g/mol. The molecule has 0 aliphatic rings. The van der Waals surface area contributed by atoms with Gasteiger partial charge in [0.05, 0.1) is 0 Å². The van der Waals surface area contributed by atoms with Crippen molar-refractivity contribution in [2.24, 2.45) is 0 Å². The van der Waals surface area contributed by atoms with Crippen molar-refractivity contribution in [2.45, 2.75) is 0 Å². The minimum atomic E-state index is -5.64. The third-order valence-electron chi connectivity index (χ3n) is 0.0845. The average molecular weight is 294 g/mol.